The molecule has 0 bridgehead atoms. The molecule has 1 aliphatic rings. The molecule has 1 heterocycles. The van der Waals surface area contributed by atoms with Gasteiger partial charge in [0.1, 0.15) is 0 Å². The summed E-state index contributed by atoms with van der Waals surface area (Å²) in [6.07, 6.45) is 0. The Hall–Kier alpha value is -1.01. The zero-order valence-electron chi connectivity index (χ0n) is 11.9. The van der Waals surface area contributed by atoms with Crippen LogP contribution in [0.4, 0.5) is 11.4 Å². The lowest BCUT2D eigenvalue weighted by atomic mass is 10.1. The van der Waals surface area contributed by atoms with Crippen LogP contribution in [0.1, 0.15) is 10.4 Å². The Kier molecular flexibility index (Phi) is 5.48. The number of nitrogens with zero attached hydrogens (tertiary/aromatic N) is 1. The van der Waals surface area contributed by atoms with Crippen molar-refractivity contribution in [3.05, 3.63) is 23.8 Å². The number of hydrogen-bond acceptors (Lipinski definition) is 5. The molecule has 0 aliphatic carbocycles. The van der Waals surface area contributed by atoms with E-state index in [1.165, 1.54) is 11.5 Å². The molecule has 3 N–H and O–H groups in total. The SMILES string of the molecule is CN(C)c1ccc(C(=O)NCC2CSCCS2)cc1N. The molecular formula is C14H21N3OS2. The first-order valence-corrected chi connectivity index (χ1v) is 8.82. The fraction of sp³-hybridized carbons (Fsp3) is 0.500. The highest BCUT2D eigenvalue weighted by molar-refractivity contribution is 8.06. The van der Waals surface area contributed by atoms with Gasteiger partial charge in [0.15, 0.2) is 0 Å². The highest BCUT2D eigenvalue weighted by Gasteiger charge is 2.16. The Bertz CT molecular complexity index is 473. The molecular weight excluding hydrogens is 290 g/mol. The second-order valence-corrected chi connectivity index (χ2v) is 7.50. The van der Waals surface area contributed by atoms with Crippen LogP contribution in [0.25, 0.3) is 0 Å². The van der Waals surface area contributed by atoms with E-state index in [0.717, 1.165) is 18.0 Å². The molecule has 1 saturated heterocycles. The lowest BCUT2D eigenvalue weighted by Crippen LogP contribution is -2.33. The third-order valence-corrected chi connectivity index (χ3v) is 5.99. The van der Waals surface area contributed by atoms with Crippen molar-refractivity contribution in [2.45, 2.75) is 5.25 Å². The highest BCUT2D eigenvalue weighted by Crippen LogP contribution is 2.24. The zero-order chi connectivity index (χ0) is 14.5. The molecule has 1 aliphatic heterocycles. The Morgan fingerprint density at radius 1 is 1.45 bits per heavy atom. The van der Waals surface area contributed by atoms with Crippen LogP contribution in [0.5, 0.6) is 0 Å². The van der Waals surface area contributed by atoms with Crippen molar-refractivity contribution < 1.29 is 4.79 Å². The molecule has 20 heavy (non-hydrogen) atoms. The number of carbonyl (C=O) groups is 1. The van der Waals surface area contributed by atoms with E-state index in [-0.39, 0.29) is 5.91 Å². The van der Waals surface area contributed by atoms with Gasteiger partial charge >= 0.3 is 0 Å². The first-order valence-electron chi connectivity index (χ1n) is 6.62. The topological polar surface area (TPSA) is 58.4 Å². The molecule has 4 nitrogen and oxygen atoms in total. The van der Waals surface area contributed by atoms with Crippen LogP contribution in [0.15, 0.2) is 18.2 Å². The van der Waals surface area contributed by atoms with Crippen molar-refractivity contribution in [1.29, 1.82) is 0 Å². The predicted octanol–water partition coefficient (Wildman–Crippen LogP) is 1.91. The monoisotopic (exact) mass is 311 g/mol. The summed E-state index contributed by atoms with van der Waals surface area (Å²) >= 11 is 3.90. The number of nitrogen functional groups attached to an aromatic ring is 1. The van der Waals surface area contributed by atoms with Gasteiger partial charge in [0.25, 0.3) is 5.91 Å². The third-order valence-electron chi connectivity index (χ3n) is 3.15. The maximum atomic E-state index is 12.1. The highest BCUT2D eigenvalue weighted by atomic mass is 32.2. The molecule has 0 radical (unpaired) electrons. The van der Waals surface area contributed by atoms with Gasteiger partial charge in [-0.1, -0.05) is 0 Å². The number of rotatable bonds is 4. The molecule has 1 fully saturated rings. The van der Waals surface area contributed by atoms with E-state index in [0.29, 0.717) is 16.5 Å². The summed E-state index contributed by atoms with van der Waals surface area (Å²) in [4.78, 5) is 14.1. The summed E-state index contributed by atoms with van der Waals surface area (Å²) in [5.74, 6) is 3.47. The molecule has 0 saturated carbocycles. The molecule has 6 heteroatoms. The van der Waals surface area contributed by atoms with Crippen LogP contribution >= 0.6 is 23.5 Å². The number of nitrogens with one attached hydrogen (secondary N) is 1. The Morgan fingerprint density at radius 3 is 2.85 bits per heavy atom. The van der Waals surface area contributed by atoms with Gasteiger partial charge in [-0.25, -0.2) is 0 Å². The first kappa shape index (κ1) is 15.4. The smallest absolute Gasteiger partial charge is 0.251 e. The summed E-state index contributed by atoms with van der Waals surface area (Å²) in [6.45, 7) is 0.728. The zero-order valence-corrected chi connectivity index (χ0v) is 13.5. The third kappa shape index (κ3) is 3.99. The van der Waals surface area contributed by atoms with Crippen LogP contribution < -0.4 is 16.0 Å². The number of thioether (sulfide) groups is 2. The Balaban J connectivity index is 1.93. The van der Waals surface area contributed by atoms with E-state index in [1.807, 2.05) is 54.7 Å². The maximum absolute atomic E-state index is 12.1. The van der Waals surface area contributed by atoms with Crippen LogP contribution in [0.2, 0.25) is 0 Å². The van der Waals surface area contributed by atoms with Crippen molar-refractivity contribution in [2.75, 3.05) is 48.5 Å². The standard InChI is InChI=1S/C14H21N3OS2/c1-17(2)13-4-3-10(7-12(13)15)14(18)16-8-11-9-19-5-6-20-11/h3-4,7,11H,5-6,8-9,15H2,1-2H3,(H,16,18). The van der Waals surface area contributed by atoms with Crippen LogP contribution in [0.3, 0.4) is 0 Å². The number of carbonyl (C=O) groups excluding carboxylic acids is 1. The number of anilines is 2. The van der Waals surface area contributed by atoms with Crippen molar-refractivity contribution >= 4 is 40.8 Å². The second-order valence-electron chi connectivity index (χ2n) is 4.95. The summed E-state index contributed by atoms with van der Waals surface area (Å²) in [5.41, 5.74) is 8.16. The predicted molar refractivity (Wildman–Crippen MR) is 91.1 cm³/mol. The van der Waals surface area contributed by atoms with Gasteiger partial charge in [-0.05, 0) is 18.2 Å². The second kappa shape index (κ2) is 7.13. The van der Waals surface area contributed by atoms with Gasteiger partial charge in [0.2, 0.25) is 0 Å². The fourth-order valence-corrected chi connectivity index (χ4v) is 4.68. The number of amides is 1. The van der Waals surface area contributed by atoms with E-state index in [1.54, 1.807) is 6.07 Å². The molecule has 0 aromatic heterocycles. The minimum atomic E-state index is -0.0434. The molecule has 1 amide bonds. The van der Waals surface area contributed by atoms with Crippen molar-refractivity contribution in [3.8, 4) is 0 Å². The summed E-state index contributed by atoms with van der Waals surface area (Å²) in [7, 11) is 3.87. The normalized spacial score (nSPS) is 18.6. The lowest BCUT2D eigenvalue weighted by Gasteiger charge is -2.21. The summed E-state index contributed by atoms with van der Waals surface area (Å²) < 4.78 is 0. The molecule has 0 spiro atoms. The van der Waals surface area contributed by atoms with Crippen LogP contribution in [-0.2, 0) is 0 Å². The molecule has 1 aromatic rings. The quantitative estimate of drug-likeness (QED) is 0.832. The fourth-order valence-electron chi connectivity index (χ4n) is 2.07. The van der Waals surface area contributed by atoms with Crippen LogP contribution in [-0.4, -0.2) is 49.1 Å². The summed E-state index contributed by atoms with van der Waals surface area (Å²) in [6, 6.07) is 5.45. The van der Waals surface area contributed by atoms with E-state index in [9.17, 15) is 4.79 Å². The number of benzene rings is 1. The Labute approximate surface area is 128 Å². The van der Waals surface area contributed by atoms with Gasteiger partial charge in [0, 0.05) is 48.7 Å². The molecule has 1 unspecified atom stereocenters. The maximum Gasteiger partial charge on any atom is 0.251 e. The molecule has 1 aromatic carbocycles. The minimum Gasteiger partial charge on any atom is -0.397 e. The van der Waals surface area contributed by atoms with E-state index < -0.39 is 0 Å². The van der Waals surface area contributed by atoms with Crippen LogP contribution in [0, 0.1) is 0 Å². The van der Waals surface area contributed by atoms with Gasteiger partial charge in [0.05, 0.1) is 11.4 Å². The summed E-state index contributed by atoms with van der Waals surface area (Å²) in [5, 5.41) is 3.53. The largest absolute Gasteiger partial charge is 0.397 e. The van der Waals surface area contributed by atoms with Gasteiger partial charge in [-0.15, -0.1) is 0 Å². The van der Waals surface area contributed by atoms with E-state index >= 15 is 0 Å². The van der Waals surface area contributed by atoms with Gasteiger partial charge in [-0.2, -0.15) is 23.5 Å². The average molecular weight is 311 g/mol. The minimum absolute atomic E-state index is 0.0434. The van der Waals surface area contributed by atoms with Gasteiger partial charge in [-0.3, -0.25) is 4.79 Å². The van der Waals surface area contributed by atoms with Crippen molar-refractivity contribution in [2.24, 2.45) is 0 Å². The number of nitrogens with two attached hydrogens (primary N) is 1. The first-order chi connectivity index (χ1) is 9.58. The van der Waals surface area contributed by atoms with Crippen molar-refractivity contribution in [3.63, 3.8) is 0 Å². The molecule has 2 rings (SSSR count). The van der Waals surface area contributed by atoms with Crippen molar-refractivity contribution in [1.82, 2.24) is 5.32 Å². The van der Waals surface area contributed by atoms with E-state index in [4.69, 9.17) is 5.73 Å². The Morgan fingerprint density at radius 2 is 2.25 bits per heavy atom. The number of hydrogen-bond donors (Lipinski definition) is 2. The molecule has 1 atom stereocenters. The average Bonchev–Trinajstić information content (AvgIpc) is 2.45. The van der Waals surface area contributed by atoms with E-state index in [2.05, 4.69) is 5.32 Å². The lowest BCUT2D eigenvalue weighted by molar-refractivity contribution is 0.0954. The molecule has 110 valence electrons. The van der Waals surface area contributed by atoms with Gasteiger partial charge < -0.3 is 16.0 Å².